The number of ether oxygens (including phenoxy) is 1. The number of anilines is 1. The summed E-state index contributed by atoms with van der Waals surface area (Å²) < 4.78 is 33.6. The molecule has 0 radical (unpaired) electrons. The van der Waals surface area contributed by atoms with Crippen LogP contribution in [0.1, 0.15) is 18.1 Å². The molecule has 3 rings (SSSR count). The van der Waals surface area contributed by atoms with Crippen LogP contribution in [0.2, 0.25) is 0 Å². The van der Waals surface area contributed by atoms with Crippen LogP contribution in [0.15, 0.2) is 83.1 Å². The van der Waals surface area contributed by atoms with Crippen molar-refractivity contribution in [2.45, 2.75) is 18.7 Å². The Morgan fingerprint density at radius 1 is 1.12 bits per heavy atom. The van der Waals surface area contributed by atoms with Crippen LogP contribution in [0.3, 0.4) is 0 Å². The first-order valence-electron chi connectivity index (χ1n) is 9.95. The minimum atomic E-state index is -4.05. The molecule has 0 unspecified atom stereocenters. The van der Waals surface area contributed by atoms with Crippen LogP contribution in [-0.2, 0) is 14.8 Å². The lowest BCUT2D eigenvalue weighted by molar-refractivity contribution is -0.119. The molecule has 0 bridgehead atoms. The van der Waals surface area contributed by atoms with Crippen molar-refractivity contribution in [3.05, 3.63) is 84.2 Å². The number of aromatic nitrogens is 1. The highest BCUT2D eigenvalue weighted by molar-refractivity contribution is 7.92. The molecule has 0 aliphatic carbocycles. The highest BCUT2D eigenvalue weighted by atomic mass is 32.2. The number of carbonyl (C=O) groups excluding carboxylic acids is 1. The second kappa shape index (κ2) is 10.5. The van der Waals surface area contributed by atoms with E-state index in [1.807, 2.05) is 6.92 Å². The van der Waals surface area contributed by atoms with Crippen molar-refractivity contribution >= 4 is 27.8 Å². The van der Waals surface area contributed by atoms with E-state index in [1.54, 1.807) is 67.8 Å². The molecule has 0 aliphatic rings. The fraction of sp³-hybridized carbons (Fsp3) is 0.174. The largest absolute Gasteiger partial charge is 0.492 e. The molecule has 8 nitrogen and oxygen atoms in total. The fourth-order valence-corrected chi connectivity index (χ4v) is 4.31. The number of sulfonamides is 1. The Morgan fingerprint density at radius 2 is 1.88 bits per heavy atom. The van der Waals surface area contributed by atoms with Gasteiger partial charge in [0.25, 0.3) is 15.9 Å². The topological polar surface area (TPSA) is 101 Å². The van der Waals surface area contributed by atoms with Crippen molar-refractivity contribution in [1.82, 2.24) is 10.4 Å². The van der Waals surface area contributed by atoms with E-state index in [2.05, 4.69) is 15.5 Å². The molecule has 166 valence electrons. The minimum absolute atomic E-state index is 0.0704. The van der Waals surface area contributed by atoms with Gasteiger partial charge in [-0.05, 0) is 44.2 Å². The molecule has 3 aromatic rings. The third kappa shape index (κ3) is 5.70. The van der Waals surface area contributed by atoms with E-state index in [9.17, 15) is 13.2 Å². The molecule has 1 amide bonds. The summed E-state index contributed by atoms with van der Waals surface area (Å²) in [6, 6.07) is 16.6. The summed E-state index contributed by atoms with van der Waals surface area (Å²) in [5.74, 6) is -0.246. The van der Waals surface area contributed by atoms with E-state index in [0.717, 1.165) is 9.87 Å². The summed E-state index contributed by atoms with van der Waals surface area (Å²) in [6.45, 7) is 3.53. The van der Waals surface area contributed by atoms with E-state index in [4.69, 9.17) is 4.74 Å². The summed E-state index contributed by atoms with van der Waals surface area (Å²) in [5.41, 5.74) is 4.25. The van der Waals surface area contributed by atoms with Gasteiger partial charge < -0.3 is 4.74 Å². The van der Waals surface area contributed by atoms with Crippen molar-refractivity contribution in [2.75, 3.05) is 17.5 Å². The van der Waals surface area contributed by atoms with Gasteiger partial charge in [0, 0.05) is 18.0 Å². The summed E-state index contributed by atoms with van der Waals surface area (Å²) in [5, 5.41) is 3.90. The van der Waals surface area contributed by atoms with Gasteiger partial charge in [0.15, 0.2) is 0 Å². The van der Waals surface area contributed by atoms with Gasteiger partial charge >= 0.3 is 0 Å². The first kappa shape index (κ1) is 23.0. The molecule has 0 fully saturated rings. The van der Waals surface area contributed by atoms with Crippen molar-refractivity contribution in [2.24, 2.45) is 5.10 Å². The molecule has 1 N–H and O–H groups in total. The number of aryl methyl sites for hydroxylation is 1. The molecule has 0 atom stereocenters. The Morgan fingerprint density at radius 3 is 2.56 bits per heavy atom. The van der Waals surface area contributed by atoms with Gasteiger partial charge in [-0.3, -0.25) is 14.1 Å². The van der Waals surface area contributed by atoms with E-state index in [1.165, 1.54) is 18.3 Å². The maximum absolute atomic E-state index is 13.5. The number of carbonyl (C=O) groups is 1. The average molecular weight is 453 g/mol. The van der Waals surface area contributed by atoms with Crippen LogP contribution in [-0.4, -0.2) is 38.7 Å². The third-order valence-corrected chi connectivity index (χ3v) is 6.19. The van der Waals surface area contributed by atoms with Gasteiger partial charge in [-0.15, -0.1) is 0 Å². The SMILES string of the molecule is CCOc1ccccc1N(CC(=O)N/N=C\c1cccnc1)S(=O)(=O)c1ccc(C)cc1. The third-order valence-electron chi connectivity index (χ3n) is 4.42. The van der Waals surface area contributed by atoms with Crippen LogP contribution >= 0.6 is 0 Å². The molecule has 2 aromatic carbocycles. The number of hydrogen-bond donors (Lipinski definition) is 1. The number of nitrogens with one attached hydrogen (secondary N) is 1. The smallest absolute Gasteiger partial charge is 0.264 e. The average Bonchev–Trinajstić information content (AvgIpc) is 2.79. The van der Waals surface area contributed by atoms with Crippen LogP contribution in [0, 0.1) is 6.92 Å². The predicted molar refractivity (Wildman–Crippen MR) is 123 cm³/mol. The minimum Gasteiger partial charge on any atom is -0.492 e. The summed E-state index contributed by atoms with van der Waals surface area (Å²) >= 11 is 0. The maximum Gasteiger partial charge on any atom is 0.264 e. The molecule has 32 heavy (non-hydrogen) atoms. The molecular formula is C23H24N4O4S. The van der Waals surface area contributed by atoms with E-state index >= 15 is 0 Å². The quantitative estimate of drug-likeness (QED) is 0.397. The number of benzene rings is 2. The van der Waals surface area contributed by atoms with Crippen LogP contribution in [0.4, 0.5) is 5.69 Å². The normalized spacial score (nSPS) is 11.3. The second-order valence-electron chi connectivity index (χ2n) is 6.81. The van der Waals surface area contributed by atoms with Gasteiger partial charge in [0.05, 0.1) is 23.4 Å². The van der Waals surface area contributed by atoms with Gasteiger partial charge in [-0.25, -0.2) is 13.8 Å². The van der Waals surface area contributed by atoms with Gasteiger partial charge in [-0.2, -0.15) is 5.10 Å². The Hall–Kier alpha value is -3.72. The Balaban J connectivity index is 1.91. The van der Waals surface area contributed by atoms with Crippen LogP contribution in [0.5, 0.6) is 5.75 Å². The first-order valence-corrected chi connectivity index (χ1v) is 11.4. The van der Waals surface area contributed by atoms with E-state index in [0.29, 0.717) is 17.9 Å². The highest BCUT2D eigenvalue weighted by Crippen LogP contribution is 2.32. The zero-order valence-corrected chi connectivity index (χ0v) is 18.6. The Labute approximate surface area is 187 Å². The number of para-hydroxylation sites is 2. The first-order chi connectivity index (χ1) is 15.4. The number of rotatable bonds is 9. The second-order valence-corrected chi connectivity index (χ2v) is 8.67. The standard InChI is InChI=1S/C23H24N4O4S/c1-3-31-22-9-5-4-8-21(22)27(32(29,30)20-12-10-18(2)11-13-20)17-23(28)26-25-16-19-7-6-14-24-15-19/h4-16H,3,17H2,1-2H3,(H,26,28)/b25-16-. The van der Waals surface area contributed by atoms with Crippen LogP contribution in [0.25, 0.3) is 0 Å². The number of pyridine rings is 1. The van der Waals surface area contributed by atoms with Crippen LogP contribution < -0.4 is 14.5 Å². The summed E-state index contributed by atoms with van der Waals surface area (Å²) in [7, 11) is -4.05. The predicted octanol–water partition coefficient (Wildman–Crippen LogP) is 3.13. The highest BCUT2D eigenvalue weighted by Gasteiger charge is 2.29. The lowest BCUT2D eigenvalue weighted by Crippen LogP contribution is -2.39. The van der Waals surface area contributed by atoms with Crippen molar-refractivity contribution in [3.8, 4) is 5.75 Å². The number of hydrazone groups is 1. The summed E-state index contributed by atoms with van der Waals surface area (Å²) in [4.78, 5) is 16.7. The molecule has 0 spiro atoms. The lowest BCUT2D eigenvalue weighted by Gasteiger charge is -2.25. The Bertz CT molecular complexity index is 1180. The molecule has 1 aromatic heterocycles. The van der Waals surface area contributed by atoms with Crippen molar-refractivity contribution in [1.29, 1.82) is 0 Å². The molecule has 0 saturated carbocycles. The number of amides is 1. The van der Waals surface area contributed by atoms with Gasteiger partial charge in [-0.1, -0.05) is 35.9 Å². The van der Waals surface area contributed by atoms with E-state index in [-0.39, 0.29) is 10.6 Å². The monoisotopic (exact) mass is 452 g/mol. The van der Waals surface area contributed by atoms with Crippen molar-refractivity contribution < 1.29 is 17.9 Å². The fourth-order valence-electron chi connectivity index (χ4n) is 2.87. The molecular weight excluding hydrogens is 428 g/mol. The van der Waals surface area contributed by atoms with Gasteiger partial charge in [0.2, 0.25) is 0 Å². The van der Waals surface area contributed by atoms with E-state index < -0.39 is 22.5 Å². The molecule has 1 heterocycles. The number of nitrogens with zero attached hydrogens (tertiary/aromatic N) is 3. The number of hydrogen-bond acceptors (Lipinski definition) is 6. The zero-order valence-electron chi connectivity index (χ0n) is 17.8. The lowest BCUT2D eigenvalue weighted by atomic mass is 10.2. The van der Waals surface area contributed by atoms with Crippen molar-refractivity contribution in [3.63, 3.8) is 0 Å². The zero-order chi connectivity index (χ0) is 23.0. The van der Waals surface area contributed by atoms with Gasteiger partial charge in [0.1, 0.15) is 12.3 Å². The summed E-state index contributed by atoms with van der Waals surface area (Å²) in [6.07, 6.45) is 4.64. The Kier molecular flexibility index (Phi) is 7.56. The molecule has 0 saturated heterocycles. The molecule has 9 heteroatoms. The maximum atomic E-state index is 13.5. The molecule has 0 aliphatic heterocycles.